The van der Waals surface area contributed by atoms with Gasteiger partial charge in [0.15, 0.2) is 0 Å². The summed E-state index contributed by atoms with van der Waals surface area (Å²) in [5, 5.41) is 3.40. The van der Waals surface area contributed by atoms with Crippen LogP contribution in [0.2, 0.25) is 0 Å². The summed E-state index contributed by atoms with van der Waals surface area (Å²) in [5.74, 6) is 0.797. The number of hydrogen-bond acceptors (Lipinski definition) is 4. The fourth-order valence-corrected chi connectivity index (χ4v) is 2.72. The van der Waals surface area contributed by atoms with Gasteiger partial charge in [0.2, 0.25) is 0 Å². The van der Waals surface area contributed by atoms with Crippen LogP contribution in [0, 0.1) is 0 Å². The second-order valence-corrected chi connectivity index (χ2v) is 5.30. The fraction of sp³-hybridized carbons (Fsp3) is 0.600. The average Bonchev–Trinajstić information content (AvgIpc) is 2.94. The van der Waals surface area contributed by atoms with Crippen molar-refractivity contribution in [3.8, 4) is 5.75 Å². The number of anilines is 2. The van der Waals surface area contributed by atoms with Gasteiger partial charge in [-0.3, -0.25) is 0 Å². The van der Waals surface area contributed by atoms with Crippen molar-refractivity contribution < 1.29 is 4.74 Å². The Morgan fingerprint density at radius 2 is 2.11 bits per heavy atom. The molecule has 1 fully saturated rings. The lowest BCUT2D eigenvalue weighted by Gasteiger charge is -2.24. The van der Waals surface area contributed by atoms with Gasteiger partial charge < -0.3 is 20.7 Å². The van der Waals surface area contributed by atoms with E-state index in [1.54, 1.807) is 7.11 Å². The molecular weight excluding hydrogens is 238 g/mol. The zero-order valence-electron chi connectivity index (χ0n) is 12.0. The molecule has 4 nitrogen and oxygen atoms in total. The Morgan fingerprint density at radius 3 is 2.74 bits per heavy atom. The van der Waals surface area contributed by atoms with Crippen LogP contribution in [0.3, 0.4) is 0 Å². The van der Waals surface area contributed by atoms with Crippen molar-refractivity contribution in [3.63, 3.8) is 0 Å². The highest BCUT2D eigenvalue weighted by molar-refractivity contribution is 5.68. The van der Waals surface area contributed by atoms with E-state index in [1.807, 2.05) is 18.2 Å². The van der Waals surface area contributed by atoms with Crippen molar-refractivity contribution in [3.05, 3.63) is 18.2 Å². The second kappa shape index (κ2) is 6.66. The lowest BCUT2D eigenvalue weighted by Crippen LogP contribution is -2.33. The number of nitrogens with zero attached hydrogens (tertiary/aromatic N) is 1. The molecule has 0 radical (unpaired) electrons. The van der Waals surface area contributed by atoms with Gasteiger partial charge in [-0.05, 0) is 32.0 Å². The minimum atomic E-state index is 0.739. The highest BCUT2D eigenvalue weighted by Crippen LogP contribution is 2.24. The quantitative estimate of drug-likeness (QED) is 0.775. The van der Waals surface area contributed by atoms with Gasteiger partial charge in [-0.1, -0.05) is 12.8 Å². The predicted octanol–water partition coefficient (Wildman–Crippen LogP) is 2.56. The first kappa shape index (κ1) is 14.0. The van der Waals surface area contributed by atoms with E-state index in [1.165, 1.54) is 25.7 Å². The highest BCUT2D eigenvalue weighted by Gasteiger charge is 2.18. The standard InChI is InChI=1S/C15H25N3O/c1-18(12-5-3-4-6-12)10-9-17-15-8-7-13(19-2)11-14(15)16/h7-8,11-12,17H,3-6,9-10,16H2,1-2H3. The van der Waals surface area contributed by atoms with E-state index in [4.69, 9.17) is 10.5 Å². The van der Waals surface area contributed by atoms with Gasteiger partial charge in [0, 0.05) is 25.2 Å². The molecule has 2 rings (SSSR count). The zero-order valence-corrected chi connectivity index (χ0v) is 12.0. The molecule has 1 saturated carbocycles. The molecule has 3 N–H and O–H groups in total. The average molecular weight is 263 g/mol. The summed E-state index contributed by atoms with van der Waals surface area (Å²) in [6, 6.07) is 6.53. The predicted molar refractivity (Wildman–Crippen MR) is 80.8 cm³/mol. The lowest BCUT2D eigenvalue weighted by molar-refractivity contribution is 0.254. The second-order valence-electron chi connectivity index (χ2n) is 5.30. The maximum atomic E-state index is 5.98. The van der Waals surface area contributed by atoms with E-state index in [9.17, 15) is 0 Å². The smallest absolute Gasteiger partial charge is 0.121 e. The summed E-state index contributed by atoms with van der Waals surface area (Å²) in [4.78, 5) is 2.46. The number of likely N-dealkylation sites (N-methyl/N-ethyl adjacent to an activating group) is 1. The summed E-state index contributed by atoms with van der Waals surface area (Å²) >= 11 is 0. The van der Waals surface area contributed by atoms with Crippen molar-refractivity contribution in [2.45, 2.75) is 31.7 Å². The molecule has 0 atom stereocenters. The molecule has 0 aromatic heterocycles. The van der Waals surface area contributed by atoms with Crippen LogP contribution in [0.15, 0.2) is 18.2 Å². The number of nitrogen functional groups attached to an aromatic ring is 1. The van der Waals surface area contributed by atoms with Gasteiger partial charge in [-0.15, -0.1) is 0 Å². The highest BCUT2D eigenvalue weighted by atomic mass is 16.5. The molecular formula is C15H25N3O. The minimum absolute atomic E-state index is 0.739. The van der Waals surface area contributed by atoms with Crippen LogP contribution in [-0.4, -0.2) is 38.2 Å². The number of methoxy groups -OCH3 is 1. The van der Waals surface area contributed by atoms with Gasteiger partial charge in [0.1, 0.15) is 5.75 Å². The number of nitrogens with two attached hydrogens (primary N) is 1. The molecule has 19 heavy (non-hydrogen) atoms. The van der Waals surface area contributed by atoms with Crippen molar-refractivity contribution in [1.29, 1.82) is 0 Å². The molecule has 4 heteroatoms. The Bertz CT molecular complexity index is 402. The molecule has 1 aliphatic carbocycles. The van der Waals surface area contributed by atoms with Gasteiger partial charge >= 0.3 is 0 Å². The molecule has 0 unspecified atom stereocenters. The molecule has 0 aliphatic heterocycles. The Labute approximate surface area is 115 Å². The first-order valence-corrected chi connectivity index (χ1v) is 7.08. The van der Waals surface area contributed by atoms with E-state index < -0.39 is 0 Å². The molecule has 0 spiro atoms. The van der Waals surface area contributed by atoms with Crippen molar-refractivity contribution in [2.75, 3.05) is 38.3 Å². The van der Waals surface area contributed by atoms with Gasteiger partial charge in [0.25, 0.3) is 0 Å². The first-order chi connectivity index (χ1) is 9.20. The third-order valence-electron chi connectivity index (χ3n) is 3.99. The zero-order chi connectivity index (χ0) is 13.7. The Hall–Kier alpha value is -1.42. The number of ether oxygens (including phenoxy) is 1. The van der Waals surface area contributed by atoms with E-state index in [2.05, 4.69) is 17.3 Å². The topological polar surface area (TPSA) is 50.5 Å². The molecule has 0 heterocycles. The molecule has 0 amide bonds. The van der Waals surface area contributed by atoms with Crippen LogP contribution in [-0.2, 0) is 0 Å². The summed E-state index contributed by atoms with van der Waals surface area (Å²) in [6.45, 7) is 1.97. The third-order valence-corrected chi connectivity index (χ3v) is 3.99. The summed E-state index contributed by atoms with van der Waals surface area (Å²) in [7, 11) is 3.87. The summed E-state index contributed by atoms with van der Waals surface area (Å²) in [6.07, 6.45) is 5.46. The van der Waals surface area contributed by atoms with Gasteiger partial charge in [0.05, 0.1) is 18.5 Å². The van der Waals surface area contributed by atoms with E-state index in [0.717, 1.165) is 36.3 Å². The molecule has 0 saturated heterocycles. The Balaban J connectivity index is 1.78. The lowest BCUT2D eigenvalue weighted by atomic mass is 10.2. The van der Waals surface area contributed by atoms with Gasteiger partial charge in [-0.2, -0.15) is 0 Å². The minimum Gasteiger partial charge on any atom is -0.497 e. The van der Waals surface area contributed by atoms with Crippen molar-refractivity contribution in [1.82, 2.24) is 4.90 Å². The number of rotatable bonds is 6. The monoisotopic (exact) mass is 263 g/mol. The summed E-state index contributed by atoms with van der Waals surface area (Å²) < 4.78 is 5.14. The largest absolute Gasteiger partial charge is 0.497 e. The van der Waals surface area contributed by atoms with Crippen LogP contribution in [0.1, 0.15) is 25.7 Å². The maximum Gasteiger partial charge on any atom is 0.121 e. The van der Waals surface area contributed by atoms with E-state index >= 15 is 0 Å². The van der Waals surface area contributed by atoms with Crippen molar-refractivity contribution >= 4 is 11.4 Å². The Morgan fingerprint density at radius 1 is 1.37 bits per heavy atom. The van der Waals surface area contributed by atoms with Crippen molar-refractivity contribution in [2.24, 2.45) is 0 Å². The summed E-state index contributed by atoms with van der Waals surface area (Å²) in [5.41, 5.74) is 7.71. The van der Waals surface area contributed by atoms with Gasteiger partial charge in [-0.25, -0.2) is 0 Å². The Kier molecular flexibility index (Phi) is 4.91. The van der Waals surface area contributed by atoms with E-state index in [0.29, 0.717) is 0 Å². The maximum absolute atomic E-state index is 5.98. The number of hydrogen-bond donors (Lipinski definition) is 2. The third kappa shape index (κ3) is 3.77. The molecule has 1 aromatic rings. The van der Waals surface area contributed by atoms with Crippen LogP contribution in [0.25, 0.3) is 0 Å². The number of benzene rings is 1. The molecule has 1 aromatic carbocycles. The fourth-order valence-electron chi connectivity index (χ4n) is 2.72. The van der Waals surface area contributed by atoms with Crippen LogP contribution >= 0.6 is 0 Å². The van der Waals surface area contributed by atoms with Crippen LogP contribution in [0.5, 0.6) is 5.75 Å². The van der Waals surface area contributed by atoms with E-state index in [-0.39, 0.29) is 0 Å². The van der Waals surface area contributed by atoms with Crippen LogP contribution < -0.4 is 15.8 Å². The van der Waals surface area contributed by atoms with Crippen LogP contribution in [0.4, 0.5) is 11.4 Å². The number of nitrogens with one attached hydrogen (secondary N) is 1. The molecule has 0 bridgehead atoms. The molecule has 1 aliphatic rings. The SMILES string of the molecule is COc1ccc(NCCN(C)C2CCCC2)c(N)c1. The normalized spacial score (nSPS) is 15.9. The molecule has 106 valence electrons. The first-order valence-electron chi connectivity index (χ1n) is 7.08.